The minimum absolute atomic E-state index is 0.183. The summed E-state index contributed by atoms with van der Waals surface area (Å²) in [6, 6.07) is 12.2. The Kier molecular flexibility index (Phi) is 5.01. The van der Waals surface area contributed by atoms with Gasteiger partial charge >= 0.3 is 5.97 Å². The van der Waals surface area contributed by atoms with Crippen molar-refractivity contribution in [1.29, 1.82) is 0 Å². The van der Waals surface area contributed by atoms with Gasteiger partial charge in [0, 0.05) is 11.6 Å². The number of carboxylic acids is 1. The summed E-state index contributed by atoms with van der Waals surface area (Å²) >= 11 is 5.76. The Bertz CT molecular complexity index is 736. The van der Waals surface area contributed by atoms with Crippen LogP contribution in [0.2, 0.25) is 5.02 Å². The fraction of sp³-hybridized carbons (Fsp3) is 0.176. The topological polar surface area (TPSA) is 66.4 Å². The Morgan fingerprint density at radius 3 is 2.48 bits per heavy atom. The third kappa shape index (κ3) is 3.68. The fourth-order valence-electron chi connectivity index (χ4n) is 2.13. The molecule has 0 saturated heterocycles. The number of carbonyl (C=O) groups is 2. The molecule has 4 nitrogen and oxygen atoms in total. The Hall–Kier alpha value is -2.40. The first-order valence-corrected chi connectivity index (χ1v) is 7.24. The van der Waals surface area contributed by atoms with E-state index in [9.17, 15) is 19.1 Å². The lowest BCUT2D eigenvalue weighted by molar-refractivity contribution is -0.142. The van der Waals surface area contributed by atoms with Gasteiger partial charge in [-0.3, -0.25) is 9.59 Å². The number of carbonyl (C=O) groups excluding carboxylic acids is 1. The van der Waals surface area contributed by atoms with Gasteiger partial charge in [-0.05, 0) is 30.7 Å². The van der Waals surface area contributed by atoms with Gasteiger partial charge in [-0.15, -0.1) is 0 Å². The smallest absolute Gasteiger partial charge is 0.315 e. The monoisotopic (exact) mass is 335 g/mol. The molecule has 23 heavy (non-hydrogen) atoms. The van der Waals surface area contributed by atoms with Crippen LogP contribution in [0.3, 0.4) is 0 Å². The van der Waals surface area contributed by atoms with Gasteiger partial charge in [0.25, 0.3) is 5.91 Å². The highest BCUT2D eigenvalue weighted by atomic mass is 35.5. The van der Waals surface area contributed by atoms with Crippen molar-refractivity contribution in [2.75, 3.05) is 6.54 Å². The number of hydrogen-bond acceptors (Lipinski definition) is 2. The summed E-state index contributed by atoms with van der Waals surface area (Å²) in [5, 5.41) is 12.2. The van der Waals surface area contributed by atoms with Gasteiger partial charge in [-0.2, -0.15) is 0 Å². The molecule has 2 rings (SSSR count). The van der Waals surface area contributed by atoms with E-state index >= 15 is 0 Å². The lowest BCUT2D eigenvalue weighted by atomic mass is 9.82. The fourth-order valence-corrected chi connectivity index (χ4v) is 2.30. The normalized spacial score (nSPS) is 13.2. The zero-order valence-corrected chi connectivity index (χ0v) is 13.1. The van der Waals surface area contributed by atoms with Crippen LogP contribution in [-0.2, 0) is 10.2 Å². The molecular weight excluding hydrogens is 321 g/mol. The van der Waals surface area contributed by atoms with Crippen molar-refractivity contribution in [1.82, 2.24) is 5.32 Å². The molecule has 120 valence electrons. The van der Waals surface area contributed by atoms with E-state index in [2.05, 4.69) is 5.32 Å². The summed E-state index contributed by atoms with van der Waals surface area (Å²) < 4.78 is 13.7. The molecule has 2 aromatic carbocycles. The van der Waals surface area contributed by atoms with Crippen LogP contribution in [0.1, 0.15) is 22.8 Å². The highest BCUT2D eigenvalue weighted by molar-refractivity contribution is 6.31. The van der Waals surface area contributed by atoms with Gasteiger partial charge in [0.15, 0.2) is 0 Å². The molecule has 0 aliphatic rings. The summed E-state index contributed by atoms with van der Waals surface area (Å²) in [7, 11) is 0. The quantitative estimate of drug-likeness (QED) is 0.881. The Balaban J connectivity index is 2.21. The number of rotatable bonds is 5. The molecule has 0 aliphatic carbocycles. The number of benzene rings is 2. The number of amides is 1. The van der Waals surface area contributed by atoms with Crippen molar-refractivity contribution >= 4 is 23.5 Å². The lowest BCUT2D eigenvalue weighted by Crippen LogP contribution is -2.44. The molecule has 1 atom stereocenters. The van der Waals surface area contributed by atoms with Crippen LogP contribution in [-0.4, -0.2) is 23.5 Å². The summed E-state index contributed by atoms with van der Waals surface area (Å²) in [5.41, 5.74) is -1.01. The second-order valence-corrected chi connectivity index (χ2v) is 5.75. The maximum atomic E-state index is 13.7. The van der Waals surface area contributed by atoms with E-state index in [1.165, 1.54) is 19.1 Å². The van der Waals surface area contributed by atoms with Crippen molar-refractivity contribution < 1.29 is 19.1 Å². The molecule has 1 unspecified atom stereocenters. The van der Waals surface area contributed by atoms with Crippen LogP contribution in [0.5, 0.6) is 0 Å². The first-order chi connectivity index (χ1) is 10.8. The van der Waals surface area contributed by atoms with Gasteiger partial charge in [0.2, 0.25) is 0 Å². The zero-order chi connectivity index (χ0) is 17.0. The second kappa shape index (κ2) is 6.79. The summed E-state index contributed by atoms with van der Waals surface area (Å²) in [4.78, 5) is 23.8. The Morgan fingerprint density at radius 2 is 1.87 bits per heavy atom. The van der Waals surface area contributed by atoms with Gasteiger partial charge in [0.1, 0.15) is 11.2 Å². The molecule has 2 aromatic rings. The average Bonchev–Trinajstić information content (AvgIpc) is 2.55. The zero-order valence-electron chi connectivity index (χ0n) is 12.3. The predicted octanol–water partition coefficient (Wildman–Crippen LogP) is 3.25. The molecule has 0 bridgehead atoms. The largest absolute Gasteiger partial charge is 0.481 e. The Labute approximate surface area is 137 Å². The SMILES string of the molecule is CC(CNC(=O)c1cc(Cl)ccc1F)(C(=O)O)c1ccccc1. The summed E-state index contributed by atoms with van der Waals surface area (Å²) in [6.45, 7) is 1.32. The number of carboxylic acid groups (broad SMARTS) is 1. The van der Waals surface area contributed by atoms with Gasteiger partial charge in [0.05, 0.1) is 5.56 Å². The first kappa shape index (κ1) is 17.0. The van der Waals surface area contributed by atoms with Crippen molar-refractivity contribution in [3.63, 3.8) is 0 Å². The molecular formula is C17H15ClFNO3. The van der Waals surface area contributed by atoms with Gasteiger partial charge in [-0.25, -0.2) is 4.39 Å². The van der Waals surface area contributed by atoms with E-state index in [0.29, 0.717) is 5.56 Å². The molecule has 1 amide bonds. The van der Waals surface area contributed by atoms with Crippen molar-refractivity contribution in [3.05, 3.63) is 70.5 Å². The number of halogens is 2. The molecule has 0 saturated carbocycles. The second-order valence-electron chi connectivity index (χ2n) is 5.31. The minimum atomic E-state index is -1.33. The average molecular weight is 336 g/mol. The predicted molar refractivity (Wildman–Crippen MR) is 85.2 cm³/mol. The molecule has 0 heterocycles. The maximum absolute atomic E-state index is 13.7. The lowest BCUT2D eigenvalue weighted by Gasteiger charge is -2.25. The van der Waals surface area contributed by atoms with Crippen LogP contribution in [0.25, 0.3) is 0 Å². The third-order valence-electron chi connectivity index (χ3n) is 3.66. The van der Waals surface area contributed by atoms with Crippen LogP contribution in [0.15, 0.2) is 48.5 Å². The van der Waals surface area contributed by atoms with Crippen molar-refractivity contribution in [3.8, 4) is 0 Å². The highest BCUT2D eigenvalue weighted by Gasteiger charge is 2.35. The van der Waals surface area contributed by atoms with Crippen LogP contribution < -0.4 is 5.32 Å². The molecule has 0 aromatic heterocycles. The third-order valence-corrected chi connectivity index (χ3v) is 3.89. The number of hydrogen-bond donors (Lipinski definition) is 2. The molecule has 6 heteroatoms. The van der Waals surface area contributed by atoms with E-state index in [4.69, 9.17) is 11.6 Å². The van der Waals surface area contributed by atoms with Crippen LogP contribution in [0.4, 0.5) is 4.39 Å². The Morgan fingerprint density at radius 1 is 1.22 bits per heavy atom. The van der Waals surface area contributed by atoms with E-state index in [-0.39, 0.29) is 17.1 Å². The summed E-state index contributed by atoms with van der Waals surface area (Å²) in [5.74, 6) is -2.52. The number of aliphatic carboxylic acids is 1. The standard InChI is InChI=1S/C17H15ClFNO3/c1-17(16(22)23,11-5-3-2-4-6-11)10-20-15(21)13-9-12(18)7-8-14(13)19/h2-9H,10H2,1H3,(H,20,21)(H,22,23). The van der Waals surface area contributed by atoms with E-state index < -0.39 is 23.1 Å². The van der Waals surface area contributed by atoms with Crippen molar-refractivity contribution in [2.24, 2.45) is 0 Å². The van der Waals surface area contributed by atoms with E-state index in [1.54, 1.807) is 30.3 Å². The molecule has 0 fully saturated rings. The maximum Gasteiger partial charge on any atom is 0.315 e. The van der Waals surface area contributed by atoms with E-state index in [0.717, 1.165) is 6.07 Å². The highest BCUT2D eigenvalue weighted by Crippen LogP contribution is 2.23. The minimum Gasteiger partial charge on any atom is -0.481 e. The summed E-state index contributed by atoms with van der Waals surface area (Å²) in [6.07, 6.45) is 0. The molecule has 0 aliphatic heterocycles. The molecule has 0 spiro atoms. The van der Waals surface area contributed by atoms with E-state index in [1.807, 2.05) is 0 Å². The van der Waals surface area contributed by atoms with Crippen LogP contribution >= 0.6 is 11.6 Å². The number of nitrogens with one attached hydrogen (secondary N) is 1. The molecule has 0 radical (unpaired) electrons. The van der Waals surface area contributed by atoms with Crippen molar-refractivity contribution in [2.45, 2.75) is 12.3 Å². The first-order valence-electron chi connectivity index (χ1n) is 6.87. The van der Waals surface area contributed by atoms with Crippen LogP contribution in [0, 0.1) is 5.82 Å². The molecule has 2 N–H and O–H groups in total. The van der Waals surface area contributed by atoms with Gasteiger partial charge < -0.3 is 10.4 Å². The van der Waals surface area contributed by atoms with Gasteiger partial charge in [-0.1, -0.05) is 41.9 Å².